The van der Waals surface area contributed by atoms with Crippen molar-refractivity contribution in [2.45, 2.75) is 25.7 Å². The maximum Gasteiger partial charge on any atom is 0.265 e. The van der Waals surface area contributed by atoms with Crippen LogP contribution in [0.3, 0.4) is 0 Å². The summed E-state index contributed by atoms with van der Waals surface area (Å²) in [6, 6.07) is 2.17. The molecule has 1 amide bonds. The standard InChI is InChI=1S/C14H20N4OS/c1-17(2)13(19)12-11(16)10(9-15)14(20-12)18-7-5-3-4-6-8-18/h3-8,16H2,1-2H3. The molecular formula is C14H20N4OS. The van der Waals surface area contributed by atoms with Gasteiger partial charge in [-0.2, -0.15) is 5.26 Å². The van der Waals surface area contributed by atoms with Crippen molar-refractivity contribution in [3.8, 4) is 6.07 Å². The van der Waals surface area contributed by atoms with Crippen LogP contribution in [-0.4, -0.2) is 38.0 Å². The van der Waals surface area contributed by atoms with Gasteiger partial charge in [0, 0.05) is 27.2 Å². The minimum Gasteiger partial charge on any atom is -0.396 e. The second-order valence-electron chi connectivity index (χ2n) is 5.24. The number of thiophene rings is 1. The Morgan fingerprint density at radius 1 is 1.30 bits per heavy atom. The van der Waals surface area contributed by atoms with Crippen LogP contribution in [-0.2, 0) is 0 Å². The van der Waals surface area contributed by atoms with E-state index in [-0.39, 0.29) is 5.91 Å². The van der Waals surface area contributed by atoms with Crippen LogP contribution in [0.2, 0.25) is 0 Å². The monoisotopic (exact) mass is 292 g/mol. The maximum atomic E-state index is 12.1. The van der Waals surface area contributed by atoms with Gasteiger partial charge in [-0.1, -0.05) is 12.8 Å². The lowest BCUT2D eigenvalue weighted by atomic mass is 10.2. The Bertz CT molecular complexity index is 536. The molecule has 1 saturated heterocycles. The van der Waals surface area contributed by atoms with Gasteiger partial charge in [0.15, 0.2) is 0 Å². The third-order valence-corrected chi connectivity index (χ3v) is 4.79. The highest BCUT2D eigenvalue weighted by molar-refractivity contribution is 7.19. The molecule has 1 fully saturated rings. The van der Waals surface area contributed by atoms with E-state index >= 15 is 0 Å². The molecule has 1 aromatic heterocycles. The first-order valence-electron chi connectivity index (χ1n) is 6.85. The highest BCUT2D eigenvalue weighted by Crippen LogP contribution is 2.39. The van der Waals surface area contributed by atoms with Crippen molar-refractivity contribution < 1.29 is 4.79 Å². The van der Waals surface area contributed by atoms with Crippen LogP contribution in [0.25, 0.3) is 0 Å². The number of hydrogen-bond donors (Lipinski definition) is 1. The Kier molecular flexibility index (Phi) is 4.50. The average Bonchev–Trinajstić information content (AvgIpc) is 2.62. The summed E-state index contributed by atoms with van der Waals surface area (Å²) in [4.78, 5) is 16.3. The number of nitriles is 1. The van der Waals surface area contributed by atoms with E-state index in [1.165, 1.54) is 29.1 Å². The number of nitrogens with two attached hydrogens (primary N) is 1. The molecule has 5 nitrogen and oxygen atoms in total. The quantitative estimate of drug-likeness (QED) is 0.907. The molecule has 0 bridgehead atoms. The molecule has 0 aromatic carbocycles. The highest BCUT2D eigenvalue weighted by atomic mass is 32.1. The molecule has 6 heteroatoms. The number of carbonyl (C=O) groups is 1. The first kappa shape index (κ1) is 14.7. The fourth-order valence-corrected chi connectivity index (χ4v) is 3.64. The summed E-state index contributed by atoms with van der Waals surface area (Å²) in [7, 11) is 3.39. The molecule has 2 N–H and O–H groups in total. The van der Waals surface area contributed by atoms with E-state index in [0.29, 0.717) is 16.1 Å². The fraction of sp³-hybridized carbons (Fsp3) is 0.571. The van der Waals surface area contributed by atoms with E-state index in [0.717, 1.165) is 30.9 Å². The summed E-state index contributed by atoms with van der Waals surface area (Å²) in [5.74, 6) is -0.134. The Labute approximate surface area is 123 Å². The van der Waals surface area contributed by atoms with Crippen molar-refractivity contribution in [1.82, 2.24) is 4.90 Å². The number of carbonyl (C=O) groups excluding carboxylic acids is 1. The first-order chi connectivity index (χ1) is 9.56. The van der Waals surface area contributed by atoms with Crippen molar-refractivity contribution in [3.05, 3.63) is 10.4 Å². The Hall–Kier alpha value is -1.74. The summed E-state index contributed by atoms with van der Waals surface area (Å²) in [5.41, 5.74) is 6.80. The SMILES string of the molecule is CN(C)C(=O)c1sc(N2CCCCCC2)c(C#N)c1N. The highest BCUT2D eigenvalue weighted by Gasteiger charge is 2.25. The predicted molar refractivity (Wildman–Crippen MR) is 82.1 cm³/mol. The summed E-state index contributed by atoms with van der Waals surface area (Å²) in [5, 5.41) is 10.2. The summed E-state index contributed by atoms with van der Waals surface area (Å²) in [6.07, 6.45) is 4.70. The lowest BCUT2D eigenvalue weighted by molar-refractivity contribution is 0.0833. The van der Waals surface area contributed by atoms with Crippen LogP contribution < -0.4 is 10.6 Å². The number of nitrogens with zero attached hydrogens (tertiary/aromatic N) is 3. The van der Waals surface area contributed by atoms with Crippen LogP contribution in [0.4, 0.5) is 10.7 Å². The summed E-state index contributed by atoms with van der Waals surface area (Å²) in [6.45, 7) is 1.87. The normalized spacial score (nSPS) is 15.6. The van der Waals surface area contributed by atoms with Crippen molar-refractivity contribution in [2.75, 3.05) is 37.8 Å². The Morgan fingerprint density at radius 2 is 1.90 bits per heavy atom. The van der Waals surface area contributed by atoms with Crippen LogP contribution >= 0.6 is 11.3 Å². The molecule has 0 aliphatic carbocycles. The topological polar surface area (TPSA) is 73.4 Å². The number of rotatable bonds is 2. The van der Waals surface area contributed by atoms with Crippen molar-refractivity contribution >= 4 is 27.9 Å². The zero-order chi connectivity index (χ0) is 14.7. The Morgan fingerprint density at radius 3 is 2.40 bits per heavy atom. The molecule has 1 aliphatic rings. The minimum atomic E-state index is -0.134. The zero-order valence-electron chi connectivity index (χ0n) is 12.0. The lowest BCUT2D eigenvalue weighted by Gasteiger charge is -2.20. The molecule has 0 saturated carbocycles. The number of hydrogen-bond acceptors (Lipinski definition) is 5. The van der Waals surface area contributed by atoms with Gasteiger partial charge in [-0.25, -0.2) is 0 Å². The lowest BCUT2D eigenvalue weighted by Crippen LogP contribution is -2.23. The average molecular weight is 292 g/mol. The van der Waals surface area contributed by atoms with E-state index in [1.54, 1.807) is 14.1 Å². The van der Waals surface area contributed by atoms with Gasteiger partial charge >= 0.3 is 0 Å². The molecule has 1 aromatic rings. The van der Waals surface area contributed by atoms with Crippen LogP contribution in [0, 0.1) is 11.3 Å². The number of nitrogen functional groups attached to an aromatic ring is 1. The third kappa shape index (κ3) is 2.73. The first-order valence-corrected chi connectivity index (χ1v) is 7.67. The second kappa shape index (κ2) is 6.14. The van der Waals surface area contributed by atoms with Crippen molar-refractivity contribution in [2.24, 2.45) is 0 Å². The molecular weight excluding hydrogens is 272 g/mol. The minimum absolute atomic E-state index is 0.134. The van der Waals surface area contributed by atoms with E-state index in [4.69, 9.17) is 5.73 Å². The van der Waals surface area contributed by atoms with Gasteiger partial charge in [-0.05, 0) is 12.8 Å². The number of anilines is 2. The molecule has 0 spiro atoms. The second-order valence-corrected chi connectivity index (χ2v) is 6.24. The predicted octanol–water partition coefficient (Wildman–Crippen LogP) is 2.28. The molecule has 20 heavy (non-hydrogen) atoms. The Balaban J connectivity index is 2.40. The van der Waals surface area contributed by atoms with Gasteiger partial charge in [0.05, 0.1) is 5.69 Å². The van der Waals surface area contributed by atoms with E-state index in [9.17, 15) is 10.1 Å². The maximum absolute atomic E-state index is 12.1. The van der Waals surface area contributed by atoms with Gasteiger partial charge in [0.25, 0.3) is 5.91 Å². The van der Waals surface area contributed by atoms with Crippen LogP contribution in [0.5, 0.6) is 0 Å². The van der Waals surface area contributed by atoms with E-state index in [2.05, 4.69) is 11.0 Å². The largest absolute Gasteiger partial charge is 0.396 e. The van der Waals surface area contributed by atoms with Gasteiger partial charge < -0.3 is 15.5 Å². The molecule has 0 radical (unpaired) electrons. The fourth-order valence-electron chi connectivity index (χ4n) is 2.40. The molecule has 108 valence electrons. The number of amides is 1. The van der Waals surface area contributed by atoms with Gasteiger partial charge in [0.2, 0.25) is 0 Å². The van der Waals surface area contributed by atoms with Gasteiger partial charge in [-0.3, -0.25) is 4.79 Å². The van der Waals surface area contributed by atoms with Crippen molar-refractivity contribution in [3.63, 3.8) is 0 Å². The molecule has 0 unspecified atom stereocenters. The van der Waals surface area contributed by atoms with E-state index < -0.39 is 0 Å². The van der Waals surface area contributed by atoms with E-state index in [1.807, 2.05) is 0 Å². The summed E-state index contributed by atoms with van der Waals surface area (Å²) < 4.78 is 0. The molecule has 2 heterocycles. The third-order valence-electron chi connectivity index (χ3n) is 3.53. The molecule has 0 atom stereocenters. The molecule has 2 rings (SSSR count). The van der Waals surface area contributed by atoms with Gasteiger partial charge in [-0.15, -0.1) is 11.3 Å². The van der Waals surface area contributed by atoms with Crippen molar-refractivity contribution in [1.29, 1.82) is 5.26 Å². The van der Waals surface area contributed by atoms with Gasteiger partial charge in [0.1, 0.15) is 21.5 Å². The molecule has 1 aliphatic heterocycles. The van der Waals surface area contributed by atoms with Crippen LogP contribution in [0.1, 0.15) is 40.9 Å². The zero-order valence-corrected chi connectivity index (χ0v) is 12.8. The van der Waals surface area contributed by atoms with Crippen LogP contribution in [0.15, 0.2) is 0 Å². The smallest absolute Gasteiger partial charge is 0.265 e. The summed E-state index contributed by atoms with van der Waals surface area (Å²) >= 11 is 1.35.